The third-order valence-corrected chi connectivity index (χ3v) is 4.30. The number of carbonyl (C=O) groups is 1. The average molecular weight is 328 g/mol. The molecule has 1 atom stereocenters. The van der Waals surface area contributed by atoms with E-state index in [1.165, 1.54) is 0 Å². The molecule has 2 aromatic rings. The fourth-order valence-electron chi connectivity index (χ4n) is 3.11. The number of hydrogen-bond donors (Lipinski definition) is 0. The first-order chi connectivity index (χ1) is 11.6. The van der Waals surface area contributed by atoms with Gasteiger partial charge in [-0.3, -0.25) is 9.78 Å². The molecular weight excluding hydrogens is 304 g/mol. The van der Waals surface area contributed by atoms with Crippen molar-refractivity contribution in [3.8, 4) is 11.4 Å². The zero-order valence-corrected chi connectivity index (χ0v) is 14.3. The molecule has 24 heavy (non-hydrogen) atoms. The summed E-state index contributed by atoms with van der Waals surface area (Å²) in [6.07, 6.45) is 8.08. The molecule has 0 aliphatic carbocycles. The minimum atomic E-state index is -0.114. The zero-order valence-electron chi connectivity index (χ0n) is 14.3. The van der Waals surface area contributed by atoms with E-state index in [9.17, 15) is 4.79 Å². The predicted octanol–water partition coefficient (Wildman–Crippen LogP) is 3.62. The van der Waals surface area contributed by atoms with Crippen molar-refractivity contribution in [2.45, 2.75) is 52.0 Å². The number of pyridine rings is 1. The van der Waals surface area contributed by atoms with Crippen molar-refractivity contribution in [2.24, 2.45) is 5.92 Å². The Balaban J connectivity index is 1.84. The van der Waals surface area contributed by atoms with Gasteiger partial charge in [-0.15, -0.1) is 0 Å². The number of amides is 1. The van der Waals surface area contributed by atoms with Gasteiger partial charge in [-0.1, -0.05) is 31.8 Å². The highest BCUT2D eigenvalue weighted by molar-refractivity contribution is 5.76. The number of aromatic nitrogens is 3. The molecular formula is C18H24N4O2. The molecule has 0 saturated carbocycles. The maximum absolute atomic E-state index is 12.6. The third kappa shape index (κ3) is 3.80. The molecule has 0 aromatic carbocycles. The second kappa shape index (κ2) is 7.55. The minimum Gasteiger partial charge on any atom is -0.337 e. The molecule has 0 N–H and O–H groups in total. The van der Waals surface area contributed by atoms with E-state index in [0.717, 1.165) is 37.8 Å². The van der Waals surface area contributed by atoms with Gasteiger partial charge in [0.25, 0.3) is 0 Å². The molecule has 6 heteroatoms. The number of nitrogens with zero attached hydrogens (tertiary/aromatic N) is 4. The van der Waals surface area contributed by atoms with Gasteiger partial charge in [-0.05, 0) is 30.9 Å². The lowest BCUT2D eigenvalue weighted by molar-refractivity contribution is -0.135. The van der Waals surface area contributed by atoms with Crippen LogP contribution in [0.2, 0.25) is 0 Å². The SMILES string of the molecule is CC(C)CC(=O)N1CCCCCC1c1nc(-c2cccnc2)no1. The normalized spacial score (nSPS) is 18.6. The topological polar surface area (TPSA) is 72.1 Å². The van der Waals surface area contributed by atoms with E-state index in [1.54, 1.807) is 12.4 Å². The third-order valence-electron chi connectivity index (χ3n) is 4.30. The van der Waals surface area contributed by atoms with Crippen LogP contribution >= 0.6 is 0 Å². The van der Waals surface area contributed by atoms with Crippen molar-refractivity contribution in [3.63, 3.8) is 0 Å². The van der Waals surface area contributed by atoms with Gasteiger partial charge in [0.05, 0.1) is 0 Å². The number of rotatable bonds is 4. The second-order valence-electron chi connectivity index (χ2n) is 6.75. The van der Waals surface area contributed by atoms with Gasteiger partial charge in [-0.2, -0.15) is 4.98 Å². The van der Waals surface area contributed by atoms with Crippen LogP contribution < -0.4 is 0 Å². The van der Waals surface area contributed by atoms with E-state index in [4.69, 9.17) is 4.52 Å². The van der Waals surface area contributed by atoms with Gasteiger partial charge in [0.1, 0.15) is 6.04 Å². The Kier molecular flexibility index (Phi) is 5.23. The lowest BCUT2D eigenvalue weighted by atomic mass is 10.1. The summed E-state index contributed by atoms with van der Waals surface area (Å²) in [7, 11) is 0. The Bertz CT molecular complexity index is 669. The molecule has 1 aliphatic rings. The quantitative estimate of drug-likeness (QED) is 0.857. The first-order valence-electron chi connectivity index (χ1n) is 8.68. The summed E-state index contributed by atoms with van der Waals surface area (Å²) in [4.78, 5) is 23.2. The summed E-state index contributed by atoms with van der Waals surface area (Å²) in [6.45, 7) is 4.90. The van der Waals surface area contributed by atoms with Crippen LogP contribution in [0.15, 0.2) is 29.0 Å². The molecule has 0 spiro atoms. The highest BCUT2D eigenvalue weighted by atomic mass is 16.5. The Hall–Kier alpha value is -2.24. The van der Waals surface area contributed by atoms with Crippen LogP contribution in [0, 0.1) is 5.92 Å². The predicted molar refractivity (Wildman–Crippen MR) is 89.9 cm³/mol. The molecule has 3 rings (SSSR count). The molecule has 1 aliphatic heterocycles. The summed E-state index contributed by atoms with van der Waals surface area (Å²) in [5.41, 5.74) is 0.821. The Morgan fingerprint density at radius 2 is 2.25 bits per heavy atom. The molecule has 1 fully saturated rings. The summed E-state index contributed by atoms with van der Waals surface area (Å²) >= 11 is 0. The van der Waals surface area contributed by atoms with E-state index in [-0.39, 0.29) is 11.9 Å². The smallest absolute Gasteiger partial charge is 0.249 e. The van der Waals surface area contributed by atoms with Gasteiger partial charge in [0.15, 0.2) is 0 Å². The highest BCUT2D eigenvalue weighted by Crippen LogP contribution is 2.31. The largest absolute Gasteiger partial charge is 0.337 e. The maximum atomic E-state index is 12.6. The van der Waals surface area contributed by atoms with Crippen LogP contribution in [0.5, 0.6) is 0 Å². The number of carbonyl (C=O) groups excluding carboxylic acids is 1. The highest BCUT2D eigenvalue weighted by Gasteiger charge is 2.31. The van der Waals surface area contributed by atoms with Gasteiger partial charge in [0.2, 0.25) is 17.6 Å². The Labute approximate surface area is 142 Å². The van der Waals surface area contributed by atoms with Crippen LogP contribution in [-0.2, 0) is 4.79 Å². The van der Waals surface area contributed by atoms with Crippen molar-refractivity contribution in [3.05, 3.63) is 30.4 Å². The average Bonchev–Trinajstić information content (AvgIpc) is 2.93. The maximum Gasteiger partial charge on any atom is 0.249 e. The fraction of sp³-hybridized carbons (Fsp3) is 0.556. The Morgan fingerprint density at radius 1 is 1.38 bits per heavy atom. The number of likely N-dealkylation sites (tertiary alicyclic amines) is 1. The first kappa shape index (κ1) is 16.6. The minimum absolute atomic E-state index is 0.114. The van der Waals surface area contributed by atoms with E-state index < -0.39 is 0 Å². The molecule has 128 valence electrons. The molecule has 0 bridgehead atoms. The second-order valence-corrected chi connectivity index (χ2v) is 6.75. The van der Waals surface area contributed by atoms with Crippen molar-refractivity contribution in [1.29, 1.82) is 0 Å². The van der Waals surface area contributed by atoms with Crippen LogP contribution in [0.4, 0.5) is 0 Å². The molecule has 1 unspecified atom stereocenters. The van der Waals surface area contributed by atoms with E-state index in [1.807, 2.05) is 17.0 Å². The van der Waals surface area contributed by atoms with E-state index in [0.29, 0.717) is 24.1 Å². The van der Waals surface area contributed by atoms with Gasteiger partial charge < -0.3 is 9.42 Å². The van der Waals surface area contributed by atoms with Crippen LogP contribution in [0.1, 0.15) is 57.9 Å². The van der Waals surface area contributed by atoms with Crippen LogP contribution in [0.3, 0.4) is 0 Å². The van der Waals surface area contributed by atoms with Crippen LogP contribution in [0.25, 0.3) is 11.4 Å². The summed E-state index contributed by atoms with van der Waals surface area (Å²) in [5.74, 6) is 1.58. The lowest BCUT2D eigenvalue weighted by Crippen LogP contribution is -2.35. The number of hydrogen-bond acceptors (Lipinski definition) is 5. The summed E-state index contributed by atoms with van der Waals surface area (Å²) in [6, 6.07) is 3.63. The fourth-order valence-corrected chi connectivity index (χ4v) is 3.11. The standard InChI is InChI=1S/C18H24N4O2/c1-13(2)11-16(23)22-10-5-3-4-8-15(22)18-20-17(21-24-18)14-7-6-9-19-12-14/h6-7,9,12-13,15H,3-5,8,10-11H2,1-2H3. The Morgan fingerprint density at radius 3 is 3.00 bits per heavy atom. The summed E-state index contributed by atoms with van der Waals surface area (Å²) in [5, 5.41) is 4.08. The van der Waals surface area contributed by atoms with Crippen molar-refractivity contribution >= 4 is 5.91 Å². The van der Waals surface area contributed by atoms with Crippen molar-refractivity contribution < 1.29 is 9.32 Å². The molecule has 1 amide bonds. The van der Waals surface area contributed by atoms with Gasteiger partial charge in [-0.25, -0.2) is 0 Å². The van der Waals surface area contributed by atoms with Crippen LogP contribution in [-0.4, -0.2) is 32.5 Å². The zero-order chi connectivity index (χ0) is 16.9. The molecule has 2 aromatic heterocycles. The van der Waals surface area contributed by atoms with E-state index in [2.05, 4.69) is 29.0 Å². The molecule has 6 nitrogen and oxygen atoms in total. The van der Waals surface area contributed by atoms with Gasteiger partial charge >= 0.3 is 0 Å². The molecule has 0 radical (unpaired) electrons. The first-order valence-corrected chi connectivity index (χ1v) is 8.68. The molecule has 1 saturated heterocycles. The monoisotopic (exact) mass is 328 g/mol. The van der Waals surface area contributed by atoms with Crippen molar-refractivity contribution in [2.75, 3.05) is 6.54 Å². The molecule has 3 heterocycles. The van der Waals surface area contributed by atoms with Crippen molar-refractivity contribution in [1.82, 2.24) is 20.0 Å². The lowest BCUT2D eigenvalue weighted by Gasteiger charge is -2.28. The summed E-state index contributed by atoms with van der Waals surface area (Å²) < 4.78 is 5.52. The van der Waals surface area contributed by atoms with Gasteiger partial charge in [0, 0.05) is 30.9 Å². The van der Waals surface area contributed by atoms with E-state index >= 15 is 0 Å².